The molecule has 0 bridgehead atoms. The number of nitrogens with one attached hydrogen (secondary N) is 2. The van der Waals surface area contributed by atoms with Crippen LogP contribution < -0.4 is 10.6 Å². The fourth-order valence-electron chi connectivity index (χ4n) is 3.47. The summed E-state index contributed by atoms with van der Waals surface area (Å²) in [4.78, 5) is 12.4. The zero-order valence-corrected chi connectivity index (χ0v) is 16.3. The van der Waals surface area contributed by atoms with Crippen molar-refractivity contribution in [2.75, 3.05) is 31.9 Å². The fourth-order valence-corrected chi connectivity index (χ4v) is 5.35. The summed E-state index contributed by atoms with van der Waals surface area (Å²) in [6.45, 7) is 5.22. The topological polar surface area (TPSA) is 78.5 Å². The predicted molar refractivity (Wildman–Crippen MR) is 98.9 cm³/mol. The van der Waals surface area contributed by atoms with Gasteiger partial charge in [-0.1, -0.05) is 13.3 Å². The number of piperidine rings is 1. The Bertz CT molecular complexity index is 481. The average Bonchev–Trinajstić information content (AvgIpc) is 3.04. The van der Waals surface area contributed by atoms with Crippen LogP contribution in [0.25, 0.3) is 0 Å². The Morgan fingerprint density at radius 1 is 1.29 bits per heavy atom. The Morgan fingerprint density at radius 3 is 2.75 bits per heavy atom. The number of amides is 1. The molecule has 0 aromatic carbocycles. The van der Waals surface area contributed by atoms with Gasteiger partial charge in [-0.15, -0.1) is 12.4 Å². The molecule has 24 heavy (non-hydrogen) atoms. The molecule has 2 saturated heterocycles. The molecule has 2 aliphatic heterocycles. The van der Waals surface area contributed by atoms with Crippen LogP contribution in [0.2, 0.25) is 0 Å². The van der Waals surface area contributed by atoms with Gasteiger partial charge in [-0.25, -0.2) is 8.42 Å². The molecule has 2 rings (SSSR count). The molecular weight excluding hydrogens is 350 g/mol. The molecule has 2 atom stereocenters. The van der Waals surface area contributed by atoms with E-state index < -0.39 is 16.1 Å². The number of carbonyl (C=O) groups is 1. The van der Waals surface area contributed by atoms with Crippen molar-refractivity contribution in [3.8, 4) is 0 Å². The van der Waals surface area contributed by atoms with Crippen LogP contribution in [0.1, 0.15) is 51.9 Å². The van der Waals surface area contributed by atoms with Crippen molar-refractivity contribution < 1.29 is 13.2 Å². The summed E-state index contributed by atoms with van der Waals surface area (Å²) in [6.07, 6.45) is 6.29. The van der Waals surface area contributed by atoms with Crippen LogP contribution in [0.4, 0.5) is 0 Å². The van der Waals surface area contributed by atoms with Crippen LogP contribution in [0.3, 0.4) is 0 Å². The van der Waals surface area contributed by atoms with Gasteiger partial charge < -0.3 is 10.6 Å². The third kappa shape index (κ3) is 6.17. The van der Waals surface area contributed by atoms with E-state index in [1.54, 1.807) is 0 Å². The predicted octanol–water partition coefficient (Wildman–Crippen LogP) is 1.51. The maximum atomic E-state index is 12.4. The highest BCUT2D eigenvalue weighted by Crippen LogP contribution is 2.22. The third-order valence-electron chi connectivity index (χ3n) is 4.87. The summed E-state index contributed by atoms with van der Waals surface area (Å²) in [7, 11) is -3.30. The Kier molecular flexibility index (Phi) is 9.56. The van der Waals surface area contributed by atoms with E-state index in [4.69, 9.17) is 0 Å². The number of carbonyl (C=O) groups excluding carboxylic acids is 1. The van der Waals surface area contributed by atoms with Crippen LogP contribution >= 0.6 is 12.4 Å². The number of unbranched alkanes of at least 4 members (excludes halogenated alkanes) is 1. The largest absolute Gasteiger partial charge is 0.355 e. The number of hydrogen-bond donors (Lipinski definition) is 2. The van der Waals surface area contributed by atoms with E-state index in [9.17, 15) is 13.2 Å². The second-order valence-corrected chi connectivity index (χ2v) is 8.77. The maximum absolute atomic E-state index is 12.4. The molecule has 0 aromatic rings. The van der Waals surface area contributed by atoms with Gasteiger partial charge in [0.2, 0.25) is 15.9 Å². The van der Waals surface area contributed by atoms with Crippen LogP contribution in [0.5, 0.6) is 0 Å². The highest BCUT2D eigenvalue weighted by atomic mass is 35.5. The van der Waals surface area contributed by atoms with E-state index >= 15 is 0 Å². The number of sulfonamides is 1. The van der Waals surface area contributed by atoms with Gasteiger partial charge in [0.1, 0.15) is 6.04 Å². The van der Waals surface area contributed by atoms with E-state index in [0.717, 1.165) is 32.4 Å². The lowest BCUT2D eigenvalue weighted by Gasteiger charge is -2.25. The minimum Gasteiger partial charge on any atom is -0.355 e. The van der Waals surface area contributed by atoms with Gasteiger partial charge in [-0.3, -0.25) is 4.79 Å². The van der Waals surface area contributed by atoms with E-state index in [1.807, 2.05) is 6.92 Å². The summed E-state index contributed by atoms with van der Waals surface area (Å²) in [5.74, 6) is 0.657. The summed E-state index contributed by atoms with van der Waals surface area (Å²) in [6, 6.07) is -0.499. The zero-order chi connectivity index (χ0) is 16.7. The molecule has 2 unspecified atom stereocenters. The van der Waals surface area contributed by atoms with Crippen LogP contribution in [-0.4, -0.2) is 56.6 Å². The van der Waals surface area contributed by atoms with Gasteiger partial charge in [0.05, 0.1) is 5.75 Å². The van der Waals surface area contributed by atoms with Crippen molar-refractivity contribution in [3.63, 3.8) is 0 Å². The van der Waals surface area contributed by atoms with Crippen LogP contribution in [0, 0.1) is 5.92 Å². The monoisotopic (exact) mass is 381 g/mol. The van der Waals surface area contributed by atoms with Gasteiger partial charge in [0.15, 0.2) is 0 Å². The van der Waals surface area contributed by atoms with Crippen LogP contribution in [-0.2, 0) is 14.8 Å². The lowest BCUT2D eigenvalue weighted by Crippen LogP contribution is -2.47. The zero-order valence-electron chi connectivity index (χ0n) is 14.6. The Balaban J connectivity index is 0.00000288. The lowest BCUT2D eigenvalue weighted by atomic mass is 9.96. The molecule has 2 N–H and O–H groups in total. The van der Waals surface area contributed by atoms with Crippen molar-refractivity contribution in [3.05, 3.63) is 0 Å². The Hall–Kier alpha value is -0.370. The van der Waals surface area contributed by atoms with Gasteiger partial charge in [-0.2, -0.15) is 4.31 Å². The molecule has 0 spiro atoms. The van der Waals surface area contributed by atoms with Gasteiger partial charge >= 0.3 is 0 Å². The number of hydrogen-bond acceptors (Lipinski definition) is 4. The minimum atomic E-state index is -3.30. The first kappa shape index (κ1) is 21.7. The normalized spacial score (nSPS) is 25.2. The molecule has 2 aliphatic rings. The number of nitrogens with zero attached hydrogens (tertiary/aromatic N) is 1. The molecular formula is C16H32ClN3O3S. The Morgan fingerprint density at radius 2 is 2.08 bits per heavy atom. The SMILES string of the molecule is CCCCS(=O)(=O)N1CCCC1C(=O)NCCC1CCCNC1.Cl. The standard InChI is InChI=1S/C16H31N3O3S.ClH/c1-2-3-12-23(21,22)19-11-5-7-15(19)16(20)18-10-8-14-6-4-9-17-13-14;/h14-15,17H,2-13H2,1H3,(H,18,20);1H. The summed E-state index contributed by atoms with van der Waals surface area (Å²) in [5, 5.41) is 6.33. The summed E-state index contributed by atoms with van der Waals surface area (Å²) in [5.41, 5.74) is 0. The van der Waals surface area contributed by atoms with Gasteiger partial charge in [0.25, 0.3) is 0 Å². The van der Waals surface area contributed by atoms with E-state index in [0.29, 0.717) is 31.8 Å². The summed E-state index contributed by atoms with van der Waals surface area (Å²) < 4.78 is 26.2. The molecule has 0 aliphatic carbocycles. The quantitative estimate of drug-likeness (QED) is 0.668. The van der Waals surface area contributed by atoms with E-state index in [-0.39, 0.29) is 24.1 Å². The Labute approximate surface area is 152 Å². The molecule has 2 fully saturated rings. The van der Waals surface area contributed by atoms with E-state index in [1.165, 1.54) is 17.1 Å². The van der Waals surface area contributed by atoms with Crippen molar-refractivity contribution in [2.24, 2.45) is 5.92 Å². The fraction of sp³-hybridized carbons (Fsp3) is 0.938. The average molecular weight is 382 g/mol. The van der Waals surface area contributed by atoms with Gasteiger partial charge in [0, 0.05) is 13.1 Å². The third-order valence-corrected chi connectivity index (χ3v) is 6.83. The smallest absolute Gasteiger partial charge is 0.238 e. The molecule has 6 nitrogen and oxygen atoms in total. The van der Waals surface area contributed by atoms with E-state index in [2.05, 4.69) is 10.6 Å². The van der Waals surface area contributed by atoms with Gasteiger partial charge in [-0.05, 0) is 57.5 Å². The number of halogens is 1. The maximum Gasteiger partial charge on any atom is 0.238 e. The van der Waals surface area contributed by atoms with Crippen molar-refractivity contribution in [1.82, 2.24) is 14.9 Å². The van der Waals surface area contributed by atoms with Crippen molar-refractivity contribution >= 4 is 28.3 Å². The first-order valence-corrected chi connectivity index (χ1v) is 10.6. The minimum absolute atomic E-state index is 0. The first-order valence-electron chi connectivity index (χ1n) is 9.02. The molecule has 0 radical (unpaired) electrons. The molecule has 0 aromatic heterocycles. The summed E-state index contributed by atoms with van der Waals surface area (Å²) >= 11 is 0. The van der Waals surface area contributed by atoms with Crippen molar-refractivity contribution in [2.45, 2.75) is 57.9 Å². The highest BCUT2D eigenvalue weighted by molar-refractivity contribution is 7.89. The second-order valence-electron chi connectivity index (χ2n) is 6.73. The second kappa shape index (κ2) is 10.6. The molecule has 0 saturated carbocycles. The molecule has 2 heterocycles. The highest BCUT2D eigenvalue weighted by Gasteiger charge is 2.37. The molecule has 8 heteroatoms. The van der Waals surface area contributed by atoms with Crippen molar-refractivity contribution in [1.29, 1.82) is 0 Å². The number of rotatable bonds is 8. The lowest BCUT2D eigenvalue weighted by molar-refractivity contribution is -0.124. The molecule has 1 amide bonds. The van der Waals surface area contributed by atoms with Crippen LogP contribution in [0.15, 0.2) is 0 Å². The molecule has 142 valence electrons. The first-order chi connectivity index (χ1) is 11.0.